The molecule has 0 aliphatic rings. The first-order valence-electron chi connectivity index (χ1n) is 6.70. The van der Waals surface area contributed by atoms with Crippen LogP contribution in [0.1, 0.15) is 24.8 Å². The lowest BCUT2D eigenvalue weighted by Crippen LogP contribution is -2.23. The van der Waals surface area contributed by atoms with Gasteiger partial charge in [-0.2, -0.15) is 0 Å². The third kappa shape index (κ3) is 3.30. The van der Waals surface area contributed by atoms with E-state index in [-0.39, 0.29) is 11.7 Å². The first kappa shape index (κ1) is 15.2. The van der Waals surface area contributed by atoms with Crippen molar-refractivity contribution in [3.8, 4) is 0 Å². The first-order chi connectivity index (χ1) is 10.0. The molecule has 0 bridgehead atoms. The van der Waals surface area contributed by atoms with Gasteiger partial charge in [-0.25, -0.2) is 4.98 Å². The van der Waals surface area contributed by atoms with Gasteiger partial charge in [0, 0.05) is 24.5 Å². The molecule has 112 valence electrons. The molecule has 0 aromatic carbocycles. The number of hydrogen-bond donors (Lipinski definition) is 1. The Morgan fingerprint density at radius 3 is 2.81 bits per heavy atom. The fourth-order valence-corrected chi connectivity index (χ4v) is 2.85. The Labute approximate surface area is 127 Å². The van der Waals surface area contributed by atoms with Gasteiger partial charge >= 0.3 is 5.69 Å². The lowest BCUT2D eigenvalue weighted by molar-refractivity contribution is -0.384. The van der Waals surface area contributed by atoms with E-state index in [0.717, 1.165) is 4.88 Å². The Morgan fingerprint density at radius 2 is 2.24 bits per heavy atom. The van der Waals surface area contributed by atoms with Crippen LogP contribution in [0.25, 0.3) is 0 Å². The van der Waals surface area contributed by atoms with Crippen LogP contribution < -0.4 is 10.2 Å². The number of thiophene rings is 1. The summed E-state index contributed by atoms with van der Waals surface area (Å²) in [6.45, 7) is 4.69. The highest BCUT2D eigenvalue weighted by Gasteiger charge is 2.24. The number of nitro groups is 1. The fourth-order valence-electron chi connectivity index (χ4n) is 2.03. The van der Waals surface area contributed by atoms with Crippen molar-refractivity contribution in [2.24, 2.45) is 0 Å². The molecular formula is C14H18N4O2S. The number of rotatable bonds is 6. The number of nitrogens with one attached hydrogen (secondary N) is 1. The van der Waals surface area contributed by atoms with E-state index in [9.17, 15) is 10.1 Å². The summed E-state index contributed by atoms with van der Waals surface area (Å²) < 4.78 is 0. The molecule has 0 fully saturated rings. The zero-order chi connectivity index (χ0) is 15.4. The number of hydrogen-bond acceptors (Lipinski definition) is 6. The first-order valence-corrected chi connectivity index (χ1v) is 7.58. The maximum atomic E-state index is 11.2. The van der Waals surface area contributed by atoms with Gasteiger partial charge in [0.15, 0.2) is 0 Å². The molecule has 0 radical (unpaired) electrons. The van der Waals surface area contributed by atoms with Gasteiger partial charge < -0.3 is 10.2 Å². The van der Waals surface area contributed by atoms with Crippen molar-refractivity contribution >= 4 is 28.7 Å². The summed E-state index contributed by atoms with van der Waals surface area (Å²) in [7, 11) is 1.83. The molecule has 0 saturated carbocycles. The van der Waals surface area contributed by atoms with E-state index >= 15 is 0 Å². The summed E-state index contributed by atoms with van der Waals surface area (Å²) in [5.41, 5.74) is 0.0163. The van der Waals surface area contributed by atoms with E-state index in [1.807, 2.05) is 43.3 Å². The Kier molecular flexibility index (Phi) is 4.74. The van der Waals surface area contributed by atoms with Crippen molar-refractivity contribution in [3.05, 3.63) is 44.6 Å². The van der Waals surface area contributed by atoms with Crippen LogP contribution in [-0.2, 0) is 0 Å². The fraction of sp³-hybridized carbons (Fsp3) is 0.357. The predicted octanol–water partition coefficient (Wildman–Crippen LogP) is 3.68. The smallest absolute Gasteiger partial charge is 0.311 e. The normalized spacial score (nSPS) is 12.0. The zero-order valence-electron chi connectivity index (χ0n) is 12.2. The molecule has 0 saturated heterocycles. The third-order valence-electron chi connectivity index (χ3n) is 3.28. The van der Waals surface area contributed by atoms with Crippen LogP contribution in [0.5, 0.6) is 0 Å². The molecule has 7 heteroatoms. The predicted molar refractivity (Wildman–Crippen MR) is 86.2 cm³/mol. The van der Waals surface area contributed by atoms with Crippen molar-refractivity contribution in [3.63, 3.8) is 0 Å². The average Bonchev–Trinajstić information content (AvgIpc) is 3.00. The van der Waals surface area contributed by atoms with E-state index in [4.69, 9.17) is 0 Å². The minimum atomic E-state index is -0.393. The second kappa shape index (κ2) is 6.53. The van der Waals surface area contributed by atoms with Crippen LogP contribution in [-0.4, -0.2) is 23.5 Å². The number of nitrogens with zero attached hydrogens (tertiary/aromatic N) is 3. The molecule has 2 heterocycles. The topological polar surface area (TPSA) is 71.3 Å². The summed E-state index contributed by atoms with van der Waals surface area (Å²) >= 11 is 1.63. The van der Waals surface area contributed by atoms with Gasteiger partial charge in [0.1, 0.15) is 5.82 Å². The average molecular weight is 306 g/mol. The summed E-state index contributed by atoms with van der Waals surface area (Å²) in [6, 6.07) is 7.15. The second-order valence-electron chi connectivity index (χ2n) is 4.63. The molecule has 0 spiro atoms. The Morgan fingerprint density at radius 1 is 1.48 bits per heavy atom. The second-order valence-corrected chi connectivity index (χ2v) is 5.61. The monoisotopic (exact) mass is 306 g/mol. The molecule has 6 nitrogen and oxygen atoms in total. The zero-order valence-corrected chi connectivity index (χ0v) is 13.1. The quantitative estimate of drug-likeness (QED) is 0.651. The van der Waals surface area contributed by atoms with E-state index in [1.165, 1.54) is 6.07 Å². The van der Waals surface area contributed by atoms with E-state index in [0.29, 0.717) is 18.2 Å². The van der Waals surface area contributed by atoms with Gasteiger partial charge in [0.25, 0.3) is 0 Å². The SMILES string of the molecule is CCNc1ccc([N+](=O)[O-])c(N(C)C(C)c2cccs2)n1. The number of pyridine rings is 1. The van der Waals surface area contributed by atoms with Crippen LogP contribution >= 0.6 is 11.3 Å². The highest BCUT2D eigenvalue weighted by Crippen LogP contribution is 2.33. The van der Waals surface area contributed by atoms with Crippen molar-refractivity contribution in [2.45, 2.75) is 19.9 Å². The lowest BCUT2D eigenvalue weighted by atomic mass is 10.2. The summed E-state index contributed by atoms with van der Waals surface area (Å²) in [4.78, 5) is 18.2. The van der Waals surface area contributed by atoms with Crippen LogP contribution in [0.3, 0.4) is 0 Å². The van der Waals surface area contributed by atoms with Crippen molar-refractivity contribution in [1.29, 1.82) is 0 Å². The molecule has 0 aliphatic heterocycles. The molecule has 0 aliphatic carbocycles. The molecule has 1 N–H and O–H groups in total. The van der Waals surface area contributed by atoms with Gasteiger partial charge in [-0.3, -0.25) is 10.1 Å². The van der Waals surface area contributed by atoms with Gasteiger partial charge in [0.05, 0.1) is 11.0 Å². The minimum absolute atomic E-state index is 0.0163. The van der Waals surface area contributed by atoms with Crippen molar-refractivity contribution in [2.75, 3.05) is 23.8 Å². The van der Waals surface area contributed by atoms with Gasteiger partial charge in [-0.1, -0.05) is 6.07 Å². The highest BCUT2D eigenvalue weighted by atomic mass is 32.1. The highest BCUT2D eigenvalue weighted by molar-refractivity contribution is 7.10. The lowest BCUT2D eigenvalue weighted by Gasteiger charge is -2.25. The van der Waals surface area contributed by atoms with Gasteiger partial charge in [0.2, 0.25) is 5.82 Å². The molecule has 2 rings (SSSR count). The van der Waals surface area contributed by atoms with Crippen molar-refractivity contribution < 1.29 is 4.92 Å². The van der Waals surface area contributed by atoms with E-state index in [1.54, 1.807) is 17.4 Å². The Balaban J connectivity index is 2.39. The summed E-state index contributed by atoms with van der Waals surface area (Å²) in [6.07, 6.45) is 0. The van der Waals surface area contributed by atoms with E-state index < -0.39 is 4.92 Å². The molecule has 0 amide bonds. The van der Waals surface area contributed by atoms with Crippen molar-refractivity contribution in [1.82, 2.24) is 4.98 Å². The largest absolute Gasteiger partial charge is 0.370 e. The maximum absolute atomic E-state index is 11.2. The van der Waals surface area contributed by atoms with Crippen LogP contribution in [0, 0.1) is 10.1 Å². The molecule has 21 heavy (non-hydrogen) atoms. The number of aromatic nitrogens is 1. The minimum Gasteiger partial charge on any atom is -0.370 e. The molecule has 2 aromatic rings. The standard InChI is InChI=1S/C14H18N4O2S/c1-4-15-13-8-7-11(18(19)20)14(16-13)17(3)10(2)12-6-5-9-21-12/h5-10H,4H2,1-3H3,(H,15,16). The van der Waals surface area contributed by atoms with E-state index in [2.05, 4.69) is 10.3 Å². The molecule has 1 atom stereocenters. The Bertz CT molecular complexity index is 615. The molecule has 2 aromatic heterocycles. The van der Waals surface area contributed by atoms with Crippen LogP contribution in [0.4, 0.5) is 17.3 Å². The Hall–Kier alpha value is -2.15. The summed E-state index contributed by atoms with van der Waals surface area (Å²) in [5, 5.41) is 16.3. The molecular weight excluding hydrogens is 288 g/mol. The third-order valence-corrected chi connectivity index (χ3v) is 4.32. The van der Waals surface area contributed by atoms with Crippen LogP contribution in [0.15, 0.2) is 29.6 Å². The molecule has 1 unspecified atom stereocenters. The van der Waals surface area contributed by atoms with Gasteiger partial charge in [-0.15, -0.1) is 11.3 Å². The van der Waals surface area contributed by atoms with Gasteiger partial charge in [-0.05, 0) is 31.4 Å². The number of anilines is 2. The maximum Gasteiger partial charge on any atom is 0.311 e. The van der Waals surface area contributed by atoms with Crippen LogP contribution in [0.2, 0.25) is 0 Å². The summed E-state index contributed by atoms with van der Waals surface area (Å²) in [5.74, 6) is 1.02.